The van der Waals surface area contributed by atoms with E-state index < -0.39 is 5.60 Å². The average molecular weight is 345 g/mol. The molecule has 0 atom stereocenters. The second-order valence-electron chi connectivity index (χ2n) is 6.83. The zero-order valence-electron chi connectivity index (χ0n) is 14.7. The number of nitrogens with one attached hydrogen (secondary N) is 2. The maximum absolute atomic E-state index is 12.2. The van der Waals surface area contributed by atoms with Crippen molar-refractivity contribution < 1.29 is 19.1 Å². The van der Waals surface area contributed by atoms with Gasteiger partial charge in [-0.15, -0.1) is 0 Å². The van der Waals surface area contributed by atoms with E-state index >= 15 is 0 Å². The second kappa shape index (κ2) is 7.38. The summed E-state index contributed by atoms with van der Waals surface area (Å²) in [5, 5.41) is 5.47. The molecule has 1 saturated heterocycles. The molecule has 2 rings (SSSR count). The molecule has 134 valence electrons. The van der Waals surface area contributed by atoms with Crippen LogP contribution in [0.25, 0.3) is 0 Å². The Morgan fingerprint density at radius 2 is 1.80 bits per heavy atom. The van der Waals surface area contributed by atoms with E-state index in [0.29, 0.717) is 24.3 Å². The van der Waals surface area contributed by atoms with E-state index in [9.17, 15) is 14.4 Å². The third kappa shape index (κ3) is 5.34. The maximum Gasteiger partial charge on any atom is 0.410 e. The predicted molar refractivity (Wildman–Crippen MR) is 94.3 cm³/mol. The highest BCUT2D eigenvalue weighted by atomic mass is 16.6. The van der Waals surface area contributed by atoms with Gasteiger partial charge in [0.15, 0.2) is 0 Å². The van der Waals surface area contributed by atoms with Gasteiger partial charge in [-0.2, -0.15) is 0 Å². The molecule has 1 aromatic carbocycles. The quantitative estimate of drug-likeness (QED) is 0.819. The van der Waals surface area contributed by atoms with Gasteiger partial charge in [0.05, 0.1) is 6.04 Å². The topological polar surface area (TPSA) is 87.7 Å². The first-order chi connectivity index (χ1) is 11.7. The summed E-state index contributed by atoms with van der Waals surface area (Å²) >= 11 is 0. The van der Waals surface area contributed by atoms with Crippen molar-refractivity contribution in [1.82, 2.24) is 10.2 Å². The van der Waals surface area contributed by atoms with Gasteiger partial charge in [0, 0.05) is 24.3 Å². The first-order valence-electron chi connectivity index (χ1n) is 8.00. The van der Waals surface area contributed by atoms with Crippen LogP contribution in [0.3, 0.4) is 0 Å². The number of anilines is 1. The molecule has 0 spiro atoms. The molecule has 1 aliphatic heterocycles. The third-order valence-electron chi connectivity index (χ3n) is 3.47. The summed E-state index contributed by atoms with van der Waals surface area (Å²) in [5.41, 5.74) is 0.530. The van der Waals surface area contributed by atoms with Crippen LogP contribution in [0.1, 0.15) is 31.1 Å². The maximum atomic E-state index is 12.2. The summed E-state index contributed by atoms with van der Waals surface area (Å²) in [5.74, 6) is -0.538. The van der Waals surface area contributed by atoms with Crippen molar-refractivity contribution in [2.45, 2.75) is 32.4 Å². The Kier molecular flexibility index (Phi) is 5.46. The number of carbonyl (C=O) groups is 3. The minimum Gasteiger partial charge on any atom is -0.444 e. The molecular formula is C18H23N3O4. The Balaban J connectivity index is 1.81. The molecule has 25 heavy (non-hydrogen) atoms. The van der Waals surface area contributed by atoms with Crippen LogP contribution in [-0.2, 0) is 9.53 Å². The first kappa shape index (κ1) is 18.5. The van der Waals surface area contributed by atoms with Crippen LogP contribution < -0.4 is 10.6 Å². The summed E-state index contributed by atoms with van der Waals surface area (Å²) < 4.78 is 5.27. The van der Waals surface area contributed by atoms with Gasteiger partial charge in [-0.3, -0.25) is 9.59 Å². The molecule has 0 bridgehead atoms. The van der Waals surface area contributed by atoms with Crippen LogP contribution >= 0.6 is 0 Å². The zero-order chi connectivity index (χ0) is 18.6. The zero-order valence-corrected chi connectivity index (χ0v) is 14.7. The molecule has 0 radical (unpaired) electrons. The Morgan fingerprint density at radius 3 is 2.32 bits per heavy atom. The van der Waals surface area contributed by atoms with E-state index in [1.165, 1.54) is 6.08 Å². The van der Waals surface area contributed by atoms with E-state index in [1.54, 1.807) is 29.2 Å². The van der Waals surface area contributed by atoms with Gasteiger partial charge in [0.25, 0.3) is 5.91 Å². The van der Waals surface area contributed by atoms with Crippen molar-refractivity contribution >= 4 is 23.6 Å². The number of nitrogens with zero attached hydrogens (tertiary/aromatic N) is 1. The predicted octanol–water partition coefficient (Wildman–Crippen LogP) is 2.16. The van der Waals surface area contributed by atoms with E-state index in [-0.39, 0.29) is 23.9 Å². The van der Waals surface area contributed by atoms with Gasteiger partial charge in [-0.05, 0) is 51.1 Å². The standard InChI is InChI=1S/C18H23N3O4/c1-5-15(22)19-13-8-6-12(7-9-13)16(23)20-14-10-21(11-14)17(24)25-18(2,3)4/h5-9,14H,1,10-11H2,2-4H3,(H,19,22)(H,20,23). The smallest absolute Gasteiger partial charge is 0.410 e. The number of benzene rings is 1. The highest BCUT2D eigenvalue weighted by Crippen LogP contribution is 2.16. The second-order valence-corrected chi connectivity index (χ2v) is 6.83. The van der Waals surface area contributed by atoms with Crippen LogP contribution in [0, 0.1) is 0 Å². The van der Waals surface area contributed by atoms with Crippen molar-refractivity contribution in [2.75, 3.05) is 18.4 Å². The molecule has 3 amide bonds. The molecule has 7 heteroatoms. The Bertz CT molecular complexity index is 671. The molecule has 1 aromatic rings. The Morgan fingerprint density at radius 1 is 1.20 bits per heavy atom. The summed E-state index contributed by atoms with van der Waals surface area (Å²) in [7, 11) is 0. The number of rotatable bonds is 4. The SMILES string of the molecule is C=CC(=O)Nc1ccc(C(=O)NC2CN(C(=O)OC(C)(C)C)C2)cc1. The van der Waals surface area contributed by atoms with Crippen molar-refractivity contribution in [1.29, 1.82) is 0 Å². The summed E-state index contributed by atoms with van der Waals surface area (Å²) in [6.07, 6.45) is 0.800. The van der Waals surface area contributed by atoms with Crippen molar-refractivity contribution in [3.63, 3.8) is 0 Å². The van der Waals surface area contributed by atoms with Crippen LogP contribution in [0.4, 0.5) is 10.5 Å². The Labute approximate surface area is 147 Å². The molecule has 0 aromatic heterocycles. The van der Waals surface area contributed by atoms with Crippen LogP contribution in [0.2, 0.25) is 0 Å². The van der Waals surface area contributed by atoms with Gasteiger partial charge in [0.1, 0.15) is 5.60 Å². The van der Waals surface area contributed by atoms with Gasteiger partial charge >= 0.3 is 6.09 Å². The van der Waals surface area contributed by atoms with E-state index in [1.807, 2.05) is 20.8 Å². The highest BCUT2D eigenvalue weighted by Gasteiger charge is 2.34. The molecular weight excluding hydrogens is 322 g/mol. The number of likely N-dealkylation sites (tertiary alicyclic amines) is 1. The lowest BCUT2D eigenvalue weighted by Crippen LogP contribution is -2.61. The lowest BCUT2D eigenvalue weighted by Gasteiger charge is -2.39. The molecule has 7 nitrogen and oxygen atoms in total. The van der Waals surface area contributed by atoms with Crippen LogP contribution in [0.5, 0.6) is 0 Å². The minimum absolute atomic E-state index is 0.0971. The fourth-order valence-corrected chi connectivity index (χ4v) is 2.21. The monoisotopic (exact) mass is 345 g/mol. The largest absolute Gasteiger partial charge is 0.444 e. The highest BCUT2D eigenvalue weighted by molar-refractivity contribution is 5.99. The van der Waals surface area contributed by atoms with Crippen LogP contribution in [-0.4, -0.2) is 47.5 Å². The van der Waals surface area contributed by atoms with Crippen LogP contribution in [0.15, 0.2) is 36.9 Å². The number of hydrogen-bond donors (Lipinski definition) is 2. The third-order valence-corrected chi connectivity index (χ3v) is 3.47. The average Bonchev–Trinajstić information content (AvgIpc) is 2.48. The Hall–Kier alpha value is -2.83. The molecule has 1 fully saturated rings. The fourth-order valence-electron chi connectivity index (χ4n) is 2.21. The summed E-state index contributed by atoms with van der Waals surface area (Å²) in [4.78, 5) is 36.8. The van der Waals surface area contributed by atoms with E-state index in [0.717, 1.165) is 0 Å². The molecule has 0 aliphatic carbocycles. The fraction of sp³-hybridized carbons (Fsp3) is 0.389. The molecule has 0 saturated carbocycles. The van der Waals surface area contributed by atoms with E-state index in [4.69, 9.17) is 4.74 Å². The van der Waals surface area contributed by atoms with Gasteiger partial charge in [-0.25, -0.2) is 4.79 Å². The van der Waals surface area contributed by atoms with Gasteiger partial charge in [0.2, 0.25) is 5.91 Å². The number of amides is 3. The lowest BCUT2D eigenvalue weighted by atomic mass is 10.1. The minimum atomic E-state index is -0.534. The molecule has 1 aliphatic rings. The molecule has 1 heterocycles. The normalized spacial score (nSPS) is 14.3. The van der Waals surface area contributed by atoms with Crippen molar-refractivity contribution in [3.05, 3.63) is 42.5 Å². The first-order valence-corrected chi connectivity index (χ1v) is 8.00. The van der Waals surface area contributed by atoms with E-state index in [2.05, 4.69) is 17.2 Å². The summed E-state index contributed by atoms with van der Waals surface area (Å²) in [6, 6.07) is 6.44. The number of hydrogen-bond acceptors (Lipinski definition) is 4. The number of carbonyl (C=O) groups excluding carboxylic acids is 3. The molecule has 0 unspecified atom stereocenters. The number of ether oxygens (including phenoxy) is 1. The lowest BCUT2D eigenvalue weighted by molar-refractivity contribution is -0.111. The van der Waals surface area contributed by atoms with Crippen molar-refractivity contribution in [3.8, 4) is 0 Å². The molecule has 2 N–H and O–H groups in total. The van der Waals surface area contributed by atoms with Gasteiger partial charge < -0.3 is 20.3 Å². The van der Waals surface area contributed by atoms with Crippen molar-refractivity contribution in [2.24, 2.45) is 0 Å². The summed E-state index contributed by atoms with van der Waals surface area (Å²) in [6.45, 7) is 9.66. The van der Waals surface area contributed by atoms with Gasteiger partial charge in [-0.1, -0.05) is 6.58 Å².